The highest BCUT2D eigenvalue weighted by Gasteiger charge is 2.30. The van der Waals surface area contributed by atoms with Crippen molar-refractivity contribution in [3.8, 4) is 28.1 Å². The lowest BCUT2D eigenvalue weighted by Gasteiger charge is -2.25. The van der Waals surface area contributed by atoms with Crippen molar-refractivity contribution >= 4 is 22.6 Å². The van der Waals surface area contributed by atoms with Gasteiger partial charge in [-0.1, -0.05) is 18.2 Å². The Hall–Kier alpha value is -4.47. The van der Waals surface area contributed by atoms with Gasteiger partial charge in [-0.25, -0.2) is 4.98 Å². The molecule has 2 N–H and O–H groups in total. The average molecular weight is 548 g/mol. The van der Waals surface area contributed by atoms with Gasteiger partial charge in [-0.3, -0.25) is 9.48 Å². The first-order valence-corrected chi connectivity index (χ1v) is 14.1. The van der Waals surface area contributed by atoms with Crippen LogP contribution in [0.4, 0.5) is 5.69 Å². The number of nitrogens with one attached hydrogen (secondary N) is 1. The summed E-state index contributed by atoms with van der Waals surface area (Å²) in [5, 5.41) is 16.1. The number of rotatable bonds is 6. The number of hydrogen-bond donors (Lipinski definition) is 2. The Morgan fingerprint density at radius 2 is 1.95 bits per heavy atom. The number of carbonyl (C=O) groups is 1. The number of ether oxygens (including phenoxy) is 2. The molecule has 8 rings (SSSR count). The summed E-state index contributed by atoms with van der Waals surface area (Å²) in [4.78, 5) is 23.6. The van der Waals surface area contributed by atoms with E-state index in [0.29, 0.717) is 54.8 Å². The number of carbonyl (C=O) groups excluding carboxylic acids is 1. The molecule has 0 radical (unpaired) electrons. The molecule has 0 bridgehead atoms. The second kappa shape index (κ2) is 9.57. The van der Waals surface area contributed by atoms with Crippen LogP contribution in [0.2, 0.25) is 0 Å². The van der Waals surface area contributed by atoms with Crippen LogP contribution in [-0.2, 0) is 11.3 Å². The van der Waals surface area contributed by atoms with Crippen molar-refractivity contribution in [2.75, 3.05) is 31.3 Å². The van der Waals surface area contributed by atoms with E-state index in [0.717, 1.165) is 33.4 Å². The number of benzene rings is 2. The zero-order chi connectivity index (χ0) is 27.5. The third-order valence-corrected chi connectivity index (χ3v) is 8.43. The van der Waals surface area contributed by atoms with Crippen LogP contribution in [0.3, 0.4) is 0 Å². The van der Waals surface area contributed by atoms with Gasteiger partial charge in [0.1, 0.15) is 18.0 Å². The summed E-state index contributed by atoms with van der Waals surface area (Å²) >= 11 is 0. The van der Waals surface area contributed by atoms with Crippen molar-refractivity contribution in [3.05, 3.63) is 83.8 Å². The van der Waals surface area contributed by atoms with Crippen molar-refractivity contribution in [2.24, 2.45) is 0 Å². The molecule has 0 spiro atoms. The molecule has 1 saturated carbocycles. The Bertz CT molecular complexity index is 1800. The number of amides is 1. The fourth-order valence-corrected chi connectivity index (χ4v) is 5.95. The number of pyridine rings is 1. The van der Waals surface area contributed by atoms with Gasteiger partial charge in [0.15, 0.2) is 0 Å². The lowest BCUT2D eigenvalue weighted by molar-refractivity contribution is -0.0286. The summed E-state index contributed by atoms with van der Waals surface area (Å²) in [6.45, 7) is 1.90. The molecule has 1 aliphatic carbocycles. The molecule has 9 heteroatoms. The fourth-order valence-electron chi connectivity index (χ4n) is 5.95. The molecule has 5 aromatic rings. The molecule has 41 heavy (non-hydrogen) atoms. The van der Waals surface area contributed by atoms with Crippen molar-refractivity contribution in [3.63, 3.8) is 0 Å². The lowest BCUT2D eigenvalue weighted by Crippen LogP contribution is -2.33. The molecule has 2 aliphatic heterocycles. The Labute approximate surface area is 236 Å². The van der Waals surface area contributed by atoms with Crippen LogP contribution in [0, 0.1) is 0 Å². The third kappa shape index (κ3) is 4.11. The summed E-state index contributed by atoms with van der Waals surface area (Å²) in [5.41, 5.74) is 7.56. The second-order valence-corrected chi connectivity index (χ2v) is 11.0. The second-order valence-electron chi connectivity index (χ2n) is 11.0. The van der Waals surface area contributed by atoms with Gasteiger partial charge in [-0.05, 0) is 65.8 Å². The summed E-state index contributed by atoms with van der Waals surface area (Å²) in [6, 6.07) is 16.1. The molecule has 206 valence electrons. The maximum absolute atomic E-state index is 13.8. The minimum absolute atomic E-state index is 0.121. The molecular formula is C32H29N5O4. The number of aromatic nitrogens is 4. The van der Waals surface area contributed by atoms with E-state index in [9.17, 15) is 9.90 Å². The number of H-pyrrole nitrogens is 1. The number of anilines is 1. The van der Waals surface area contributed by atoms with Crippen LogP contribution in [0.5, 0.6) is 5.75 Å². The highest BCUT2D eigenvalue weighted by atomic mass is 16.5. The maximum Gasteiger partial charge on any atom is 0.262 e. The van der Waals surface area contributed by atoms with Crippen molar-refractivity contribution in [1.82, 2.24) is 19.7 Å². The van der Waals surface area contributed by atoms with Gasteiger partial charge < -0.3 is 24.5 Å². The van der Waals surface area contributed by atoms with E-state index < -0.39 is 0 Å². The molecule has 0 unspecified atom stereocenters. The number of aliphatic hydroxyl groups is 1. The standard InChI is InChI=1S/C32H29N5O4/c38-16-27-23(24-8-9-33-31-26(24)13-28(35-31)21-14-34-37(15-21)22-17-40-18-22)2-1-3-29(27)36-10-11-41-30-12-20(19-4-5-19)6-7-25(30)32(36)39/h1-3,6-9,12-15,19,22,38H,4-5,10-11,16-18H2,(H,33,35). The van der Waals surface area contributed by atoms with E-state index in [-0.39, 0.29) is 18.6 Å². The molecule has 0 atom stereocenters. The number of fused-ring (bicyclic) bond motifs is 2. The minimum atomic E-state index is -0.221. The van der Waals surface area contributed by atoms with Crippen LogP contribution >= 0.6 is 0 Å². The summed E-state index contributed by atoms with van der Waals surface area (Å²) < 4.78 is 13.3. The Balaban J connectivity index is 1.18. The van der Waals surface area contributed by atoms with Crippen LogP contribution in [0.1, 0.15) is 46.3 Å². The van der Waals surface area contributed by atoms with Crippen LogP contribution in [0.15, 0.2) is 67.1 Å². The normalized spacial score (nSPS) is 17.3. The molecule has 2 aromatic carbocycles. The Morgan fingerprint density at radius 1 is 1.05 bits per heavy atom. The molecule has 9 nitrogen and oxygen atoms in total. The van der Waals surface area contributed by atoms with Gasteiger partial charge in [0.2, 0.25) is 0 Å². The summed E-state index contributed by atoms with van der Waals surface area (Å²) in [6.07, 6.45) is 8.02. The van der Waals surface area contributed by atoms with Crippen molar-refractivity contribution < 1.29 is 19.4 Å². The molecular weight excluding hydrogens is 518 g/mol. The van der Waals surface area contributed by atoms with Crippen LogP contribution in [-0.4, -0.2) is 57.1 Å². The predicted octanol–water partition coefficient (Wildman–Crippen LogP) is 5.07. The topological polar surface area (TPSA) is 106 Å². The average Bonchev–Trinajstić information content (AvgIpc) is 3.60. The smallest absolute Gasteiger partial charge is 0.262 e. The molecule has 2 fully saturated rings. The van der Waals surface area contributed by atoms with Gasteiger partial charge in [0.25, 0.3) is 5.91 Å². The first kappa shape index (κ1) is 24.3. The molecule has 1 amide bonds. The van der Waals surface area contributed by atoms with Gasteiger partial charge in [0.05, 0.1) is 55.5 Å². The SMILES string of the molecule is O=C1c2ccc(C3CC3)cc2OCCN1c1cccc(-c2ccnc3[nH]c(-c4cnn(C5COC5)c4)cc23)c1CO. The zero-order valence-corrected chi connectivity index (χ0v) is 22.4. The monoisotopic (exact) mass is 547 g/mol. The maximum atomic E-state index is 13.8. The highest BCUT2D eigenvalue weighted by Crippen LogP contribution is 2.43. The first-order valence-electron chi connectivity index (χ1n) is 14.1. The first-order chi connectivity index (χ1) is 20.2. The summed E-state index contributed by atoms with van der Waals surface area (Å²) in [7, 11) is 0. The molecule has 5 heterocycles. The number of hydrogen-bond acceptors (Lipinski definition) is 6. The van der Waals surface area contributed by atoms with E-state index in [4.69, 9.17) is 9.47 Å². The van der Waals surface area contributed by atoms with Gasteiger partial charge in [-0.15, -0.1) is 0 Å². The number of nitrogens with zero attached hydrogens (tertiary/aromatic N) is 4. The van der Waals surface area contributed by atoms with Gasteiger partial charge in [0, 0.05) is 28.9 Å². The molecule has 3 aromatic heterocycles. The fraction of sp³-hybridized carbons (Fsp3) is 0.281. The van der Waals surface area contributed by atoms with E-state index in [1.54, 1.807) is 11.1 Å². The molecule has 1 saturated heterocycles. The summed E-state index contributed by atoms with van der Waals surface area (Å²) in [5.74, 6) is 1.10. The highest BCUT2D eigenvalue weighted by molar-refractivity contribution is 6.09. The van der Waals surface area contributed by atoms with Crippen LogP contribution in [0.25, 0.3) is 33.4 Å². The van der Waals surface area contributed by atoms with E-state index in [1.165, 1.54) is 18.4 Å². The molecule has 3 aliphatic rings. The Kier molecular flexibility index (Phi) is 5.68. The van der Waals surface area contributed by atoms with E-state index in [1.807, 2.05) is 59.5 Å². The van der Waals surface area contributed by atoms with Gasteiger partial charge in [-0.2, -0.15) is 5.10 Å². The lowest BCUT2D eigenvalue weighted by atomic mass is 9.96. The third-order valence-electron chi connectivity index (χ3n) is 8.43. The van der Waals surface area contributed by atoms with E-state index >= 15 is 0 Å². The quantitative estimate of drug-likeness (QED) is 0.307. The number of aromatic amines is 1. The largest absolute Gasteiger partial charge is 0.491 e. The minimum Gasteiger partial charge on any atom is -0.491 e. The van der Waals surface area contributed by atoms with Crippen LogP contribution < -0.4 is 9.64 Å². The Morgan fingerprint density at radius 3 is 2.76 bits per heavy atom. The number of aliphatic hydroxyl groups excluding tert-OH is 1. The predicted molar refractivity (Wildman–Crippen MR) is 154 cm³/mol. The van der Waals surface area contributed by atoms with Crippen molar-refractivity contribution in [2.45, 2.75) is 31.4 Å². The van der Waals surface area contributed by atoms with Gasteiger partial charge >= 0.3 is 0 Å². The zero-order valence-electron chi connectivity index (χ0n) is 22.4. The van der Waals surface area contributed by atoms with Crippen molar-refractivity contribution in [1.29, 1.82) is 0 Å². The van der Waals surface area contributed by atoms with E-state index in [2.05, 4.69) is 21.1 Å².